The molecular formula is C43H41FIrN2SSi-2. The van der Waals surface area contributed by atoms with Gasteiger partial charge in [-0.05, 0) is 73.8 Å². The number of hydrogen-bond donors (Lipinski definition) is 0. The number of thiophene rings is 1. The van der Waals surface area contributed by atoms with Crippen LogP contribution in [0.15, 0.2) is 109 Å². The molecule has 0 atom stereocenters. The number of fused-ring (bicyclic) bond motifs is 3. The molecule has 2 nitrogen and oxygen atoms in total. The Morgan fingerprint density at radius 1 is 0.755 bits per heavy atom. The average molecular weight is 859 g/mol. The topological polar surface area (TPSA) is 25.8 Å². The van der Waals surface area contributed by atoms with Crippen molar-refractivity contribution in [3.8, 4) is 33.6 Å². The van der Waals surface area contributed by atoms with Gasteiger partial charge >= 0.3 is 0 Å². The molecule has 1 radical (unpaired) electrons. The van der Waals surface area contributed by atoms with Crippen LogP contribution >= 0.6 is 11.3 Å². The van der Waals surface area contributed by atoms with Crippen LogP contribution in [0.1, 0.15) is 53.4 Å². The van der Waals surface area contributed by atoms with E-state index in [-0.39, 0.29) is 25.9 Å². The van der Waals surface area contributed by atoms with Gasteiger partial charge in [-0.1, -0.05) is 100 Å². The van der Waals surface area contributed by atoms with Crippen molar-refractivity contribution in [1.29, 1.82) is 0 Å². The molecular weight excluding hydrogens is 816 g/mol. The molecule has 3 heterocycles. The van der Waals surface area contributed by atoms with Gasteiger partial charge in [-0.3, -0.25) is 0 Å². The molecule has 0 saturated heterocycles. The SMILES string of the molecule is [2H]C(C)(C)c1cc(-c2[c-]cccc2)ncc1[Si](C)(C)C.[2H]C(C)(C)c1ccnc(-c2[c-]ccc3c2sc2cc(-c4ccc(F)cc4)ccc23)c1.[Ir]. The zero-order valence-corrected chi connectivity index (χ0v) is 33.1. The second-order valence-electron chi connectivity index (χ2n) is 13.5. The van der Waals surface area contributed by atoms with Gasteiger partial charge in [0.2, 0.25) is 0 Å². The van der Waals surface area contributed by atoms with Gasteiger partial charge in [0.1, 0.15) is 5.82 Å². The molecule has 251 valence electrons. The van der Waals surface area contributed by atoms with Crippen LogP contribution in [0.25, 0.3) is 53.8 Å². The van der Waals surface area contributed by atoms with Crippen LogP contribution in [0.2, 0.25) is 19.6 Å². The first kappa shape index (κ1) is 33.7. The first-order valence-electron chi connectivity index (χ1n) is 17.2. The predicted octanol–water partition coefficient (Wildman–Crippen LogP) is 12.1. The van der Waals surface area contributed by atoms with E-state index >= 15 is 0 Å². The normalized spacial score (nSPS) is 12.5. The number of pyridine rings is 2. The molecule has 7 rings (SSSR count). The number of aromatic nitrogens is 2. The van der Waals surface area contributed by atoms with Crippen LogP contribution in [0, 0.1) is 17.9 Å². The molecule has 0 aliphatic heterocycles. The monoisotopic (exact) mass is 859 g/mol. The molecule has 6 heteroatoms. The predicted molar refractivity (Wildman–Crippen MR) is 206 cm³/mol. The van der Waals surface area contributed by atoms with E-state index in [2.05, 4.69) is 72.1 Å². The Bertz CT molecular complexity index is 2290. The smallest absolute Gasteiger partial charge is 0.123 e. The van der Waals surface area contributed by atoms with Crippen molar-refractivity contribution >= 4 is 44.8 Å². The van der Waals surface area contributed by atoms with E-state index < -0.39 is 19.9 Å². The molecule has 0 unspecified atom stereocenters. The van der Waals surface area contributed by atoms with Gasteiger partial charge < -0.3 is 9.97 Å². The second kappa shape index (κ2) is 15.4. The van der Waals surface area contributed by atoms with E-state index in [9.17, 15) is 4.39 Å². The second-order valence-corrected chi connectivity index (χ2v) is 19.6. The summed E-state index contributed by atoms with van der Waals surface area (Å²) in [6, 6.07) is 37.4. The maximum Gasteiger partial charge on any atom is 0.123 e. The Morgan fingerprint density at radius 3 is 2.18 bits per heavy atom. The van der Waals surface area contributed by atoms with E-state index in [1.807, 2.05) is 76.4 Å². The summed E-state index contributed by atoms with van der Waals surface area (Å²) in [5.74, 6) is -1.52. The summed E-state index contributed by atoms with van der Waals surface area (Å²) in [5.41, 5.74) is 7.77. The third-order valence-electron chi connectivity index (χ3n) is 8.44. The van der Waals surface area contributed by atoms with E-state index in [0.717, 1.165) is 49.5 Å². The molecule has 0 N–H and O–H groups in total. The van der Waals surface area contributed by atoms with Crippen molar-refractivity contribution in [1.82, 2.24) is 9.97 Å². The van der Waals surface area contributed by atoms with Gasteiger partial charge in [0.15, 0.2) is 0 Å². The zero-order chi connectivity index (χ0) is 35.8. The van der Waals surface area contributed by atoms with E-state index in [1.54, 1.807) is 29.7 Å². The Morgan fingerprint density at radius 2 is 1.51 bits per heavy atom. The van der Waals surface area contributed by atoms with Gasteiger partial charge in [-0.2, -0.15) is 11.3 Å². The summed E-state index contributed by atoms with van der Waals surface area (Å²) in [6.07, 6.45) is 3.75. The zero-order valence-electron chi connectivity index (χ0n) is 30.9. The summed E-state index contributed by atoms with van der Waals surface area (Å²) < 4.78 is 32.4. The first-order valence-corrected chi connectivity index (χ1v) is 20.5. The van der Waals surface area contributed by atoms with Crippen LogP contribution in [0.5, 0.6) is 0 Å². The summed E-state index contributed by atoms with van der Waals surface area (Å²) in [5, 5.41) is 3.64. The minimum absolute atomic E-state index is 0. The number of hydrogen-bond acceptors (Lipinski definition) is 3. The Kier molecular flexibility index (Phi) is 10.6. The first-order chi connectivity index (χ1) is 23.6. The maximum atomic E-state index is 13.3. The standard InChI is InChI=1S/C26H19FNS.C17H22NSi.Ir/c1-16(2)18-12-13-28-24(14-18)23-5-3-4-22-21-11-8-19(15-25(21)29-26(22)23)17-6-9-20(27)10-7-17;1-13(2)15-11-16(14-9-7-6-8-10-14)18-12-17(15)19(3,4)5;/h3-4,6-16H,1-2H3;6-9,11-13H,1-5H3;/q2*-1;/i16D;13D;. The Hall–Kier alpha value is -3.80. The van der Waals surface area contributed by atoms with Gasteiger partial charge in [-0.15, -0.1) is 59.7 Å². The van der Waals surface area contributed by atoms with Crippen molar-refractivity contribution in [2.24, 2.45) is 0 Å². The van der Waals surface area contributed by atoms with Crippen molar-refractivity contribution in [3.63, 3.8) is 0 Å². The van der Waals surface area contributed by atoms with Gasteiger partial charge in [-0.25, -0.2) is 4.39 Å². The molecule has 4 aromatic carbocycles. The van der Waals surface area contributed by atoms with Crippen LogP contribution in [0.3, 0.4) is 0 Å². The fourth-order valence-electron chi connectivity index (χ4n) is 5.80. The fraction of sp³-hybridized carbons (Fsp3) is 0.209. The van der Waals surface area contributed by atoms with Crippen molar-refractivity contribution in [3.05, 3.63) is 139 Å². The van der Waals surface area contributed by atoms with Gasteiger partial charge in [0.25, 0.3) is 0 Å². The number of benzene rings is 4. The third kappa shape index (κ3) is 8.16. The average Bonchev–Trinajstić information content (AvgIpc) is 3.46. The van der Waals surface area contributed by atoms with Crippen LogP contribution in [0.4, 0.5) is 4.39 Å². The molecule has 0 spiro atoms. The van der Waals surface area contributed by atoms with Crippen molar-refractivity contribution < 1.29 is 27.2 Å². The molecule has 49 heavy (non-hydrogen) atoms. The largest absolute Gasteiger partial charge is 0.305 e. The molecule has 0 fully saturated rings. The van der Waals surface area contributed by atoms with Crippen molar-refractivity contribution in [2.45, 2.75) is 59.1 Å². The molecule has 7 aromatic rings. The number of halogens is 1. The number of rotatable bonds is 6. The van der Waals surface area contributed by atoms with E-state index in [4.69, 9.17) is 2.74 Å². The molecule has 0 bridgehead atoms. The van der Waals surface area contributed by atoms with E-state index in [0.29, 0.717) is 0 Å². The minimum atomic E-state index is -1.50. The summed E-state index contributed by atoms with van der Waals surface area (Å²) in [7, 11) is -1.50. The summed E-state index contributed by atoms with van der Waals surface area (Å²) in [4.78, 5) is 9.18. The summed E-state index contributed by atoms with van der Waals surface area (Å²) >= 11 is 1.72. The third-order valence-corrected chi connectivity index (χ3v) is 11.6. The van der Waals surface area contributed by atoms with Gasteiger partial charge in [0.05, 0.1) is 8.07 Å². The van der Waals surface area contributed by atoms with E-state index in [1.165, 1.54) is 32.8 Å². The maximum absolute atomic E-state index is 13.3. The number of nitrogens with zero attached hydrogens (tertiary/aromatic N) is 2. The Balaban J connectivity index is 0.000000211. The molecule has 0 saturated carbocycles. The minimum Gasteiger partial charge on any atom is -0.305 e. The van der Waals surface area contributed by atoms with Crippen LogP contribution < -0.4 is 5.19 Å². The van der Waals surface area contributed by atoms with Crippen molar-refractivity contribution in [2.75, 3.05) is 0 Å². The molecule has 3 aromatic heterocycles. The summed E-state index contributed by atoms with van der Waals surface area (Å²) in [6.45, 7) is 14.6. The van der Waals surface area contributed by atoms with Gasteiger partial charge in [0, 0.05) is 39.9 Å². The molecule has 0 aliphatic rings. The fourth-order valence-corrected chi connectivity index (χ4v) is 8.63. The molecule has 0 amide bonds. The Labute approximate surface area is 311 Å². The van der Waals surface area contributed by atoms with Crippen LogP contribution in [-0.4, -0.2) is 18.0 Å². The molecule has 0 aliphatic carbocycles. The van der Waals surface area contributed by atoms with Crippen LogP contribution in [-0.2, 0) is 20.1 Å². The quantitative estimate of drug-likeness (QED) is 0.123.